The lowest BCUT2D eigenvalue weighted by Crippen LogP contribution is -1.96. The number of hydrogen-bond donors (Lipinski definition) is 1. The van der Waals surface area contributed by atoms with Gasteiger partial charge in [0.1, 0.15) is 0 Å². The topological polar surface area (TPSA) is 50.2 Å². The fourth-order valence-electron chi connectivity index (χ4n) is 1.47. The van der Waals surface area contributed by atoms with Crippen LogP contribution in [0, 0.1) is 0 Å². The molecule has 0 amide bonds. The molecule has 78 valence electrons. The maximum absolute atomic E-state index is 10.9. The third kappa shape index (κ3) is 1.72. The second kappa shape index (κ2) is 3.62. The average molecular weight is 221 g/mol. The molecule has 0 aliphatic carbocycles. The molecule has 1 aromatic carbocycles. The van der Waals surface area contributed by atoms with Crippen LogP contribution >= 0.6 is 11.5 Å². The van der Waals surface area contributed by atoms with Crippen LogP contribution in [0.4, 0.5) is 0 Å². The number of carbonyl (C=O) groups is 1. The quantitative estimate of drug-likeness (QED) is 0.847. The molecule has 2 aromatic rings. The molecule has 0 unspecified atom stereocenters. The van der Waals surface area contributed by atoms with Crippen LogP contribution in [0.3, 0.4) is 0 Å². The van der Waals surface area contributed by atoms with Crippen molar-refractivity contribution in [2.45, 2.75) is 19.8 Å². The lowest BCUT2D eigenvalue weighted by Gasteiger charge is -2.04. The number of aromatic nitrogens is 1. The molecule has 0 atom stereocenters. The molecule has 0 bridgehead atoms. The Morgan fingerprint density at radius 1 is 1.47 bits per heavy atom. The minimum absolute atomic E-state index is 0.164. The van der Waals surface area contributed by atoms with Crippen LogP contribution in [0.1, 0.15) is 35.8 Å². The number of hydrogen-bond acceptors (Lipinski definition) is 3. The van der Waals surface area contributed by atoms with E-state index in [2.05, 4.69) is 18.2 Å². The van der Waals surface area contributed by atoms with Gasteiger partial charge in [-0.05, 0) is 35.1 Å². The van der Waals surface area contributed by atoms with E-state index in [4.69, 9.17) is 5.11 Å². The molecule has 0 spiro atoms. The van der Waals surface area contributed by atoms with Crippen LogP contribution in [-0.2, 0) is 0 Å². The Morgan fingerprint density at radius 2 is 2.20 bits per heavy atom. The molecule has 3 nitrogen and oxygen atoms in total. The lowest BCUT2D eigenvalue weighted by molar-refractivity contribution is 0.0694. The molecule has 0 fully saturated rings. The summed E-state index contributed by atoms with van der Waals surface area (Å²) in [6, 6.07) is 5.89. The van der Waals surface area contributed by atoms with E-state index in [1.54, 1.807) is 0 Å². The SMILES string of the molecule is CC(C)c1ccc2snc(C(=O)O)c2c1. The fourth-order valence-corrected chi connectivity index (χ4v) is 2.22. The Bertz CT molecular complexity index is 516. The average Bonchev–Trinajstić information content (AvgIpc) is 2.59. The minimum Gasteiger partial charge on any atom is -0.476 e. The smallest absolute Gasteiger partial charge is 0.356 e. The van der Waals surface area contributed by atoms with Crippen molar-refractivity contribution < 1.29 is 9.90 Å². The number of benzene rings is 1. The molecule has 0 saturated heterocycles. The highest BCUT2D eigenvalue weighted by Gasteiger charge is 2.13. The maximum atomic E-state index is 10.9. The molecular weight excluding hydrogens is 210 g/mol. The second-order valence-electron chi connectivity index (χ2n) is 3.75. The van der Waals surface area contributed by atoms with Gasteiger partial charge in [-0.25, -0.2) is 4.79 Å². The first-order chi connectivity index (χ1) is 7.09. The Kier molecular flexibility index (Phi) is 2.44. The molecule has 2 rings (SSSR count). The summed E-state index contributed by atoms with van der Waals surface area (Å²) < 4.78 is 4.86. The zero-order valence-electron chi connectivity index (χ0n) is 8.52. The van der Waals surface area contributed by atoms with Gasteiger partial charge in [-0.3, -0.25) is 0 Å². The Balaban J connectivity index is 2.66. The molecule has 0 aliphatic heterocycles. The van der Waals surface area contributed by atoms with Gasteiger partial charge >= 0.3 is 5.97 Å². The molecule has 1 aromatic heterocycles. The van der Waals surface area contributed by atoms with Crippen molar-refractivity contribution in [3.8, 4) is 0 Å². The van der Waals surface area contributed by atoms with Gasteiger partial charge in [-0.15, -0.1) is 0 Å². The van der Waals surface area contributed by atoms with Gasteiger partial charge in [0, 0.05) is 5.39 Å². The van der Waals surface area contributed by atoms with Crippen molar-refractivity contribution in [2.24, 2.45) is 0 Å². The monoisotopic (exact) mass is 221 g/mol. The minimum atomic E-state index is -0.956. The fraction of sp³-hybridized carbons (Fsp3) is 0.273. The summed E-state index contributed by atoms with van der Waals surface area (Å²) in [4.78, 5) is 10.9. The molecule has 4 heteroatoms. The van der Waals surface area contributed by atoms with Gasteiger partial charge in [0.05, 0.1) is 4.70 Å². The molecule has 1 heterocycles. The van der Waals surface area contributed by atoms with E-state index < -0.39 is 5.97 Å². The predicted octanol–water partition coefficient (Wildman–Crippen LogP) is 3.12. The number of fused-ring (bicyclic) bond motifs is 1. The van der Waals surface area contributed by atoms with E-state index in [9.17, 15) is 4.79 Å². The van der Waals surface area contributed by atoms with Crippen molar-refractivity contribution in [3.05, 3.63) is 29.5 Å². The van der Waals surface area contributed by atoms with E-state index in [1.807, 2.05) is 18.2 Å². The maximum Gasteiger partial charge on any atom is 0.356 e. The second-order valence-corrected chi connectivity index (χ2v) is 4.55. The first-order valence-electron chi connectivity index (χ1n) is 4.72. The van der Waals surface area contributed by atoms with Gasteiger partial charge in [0.2, 0.25) is 0 Å². The first-order valence-corrected chi connectivity index (χ1v) is 5.49. The van der Waals surface area contributed by atoms with Gasteiger partial charge < -0.3 is 5.11 Å². The third-order valence-electron chi connectivity index (χ3n) is 2.36. The summed E-state index contributed by atoms with van der Waals surface area (Å²) in [5.41, 5.74) is 1.31. The highest BCUT2D eigenvalue weighted by Crippen LogP contribution is 2.26. The molecule has 0 radical (unpaired) electrons. The van der Waals surface area contributed by atoms with Crippen molar-refractivity contribution in [3.63, 3.8) is 0 Å². The Morgan fingerprint density at radius 3 is 2.80 bits per heavy atom. The van der Waals surface area contributed by atoms with E-state index in [-0.39, 0.29) is 5.69 Å². The summed E-state index contributed by atoms with van der Waals surface area (Å²) in [6.07, 6.45) is 0. The van der Waals surface area contributed by atoms with Crippen molar-refractivity contribution >= 4 is 27.6 Å². The van der Waals surface area contributed by atoms with Gasteiger partial charge in [0.25, 0.3) is 0 Å². The summed E-state index contributed by atoms with van der Waals surface area (Å²) in [5, 5.41) is 9.69. The highest BCUT2D eigenvalue weighted by molar-refractivity contribution is 7.13. The summed E-state index contributed by atoms with van der Waals surface area (Å²) >= 11 is 1.23. The van der Waals surface area contributed by atoms with E-state index in [0.717, 1.165) is 15.6 Å². The van der Waals surface area contributed by atoms with Gasteiger partial charge in [-0.1, -0.05) is 19.9 Å². The van der Waals surface area contributed by atoms with Crippen molar-refractivity contribution in [2.75, 3.05) is 0 Å². The van der Waals surface area contributed by atoms with Crippen LogP contribution in [0.25, 0.3) is 10.1 Å². The number of nitrogens with zero attached hydrogens (tertiary/aromatic N) is 1. The molecule has 15 heavy (non-hydrogen) atoms. The lowest BCUT2D eigenvalue weighted by atomic mass is 10.0. The van der Waals surface area contributed by atoms with Crippen LogP contribution in [0.5, 0.6) is 0 Å². The van der Waals surface area contributed by atoms with Crippen LogP contribution in [0.15, 0.2) is 18.2 Å². The zero-order chi connectivity index (χ0) is 11.0. The van der Waals surface area contributed by atoms with Crippen molar-refractivity contribution in [1.82, 2.24) is 4.37 Å². The van der Waals surface area contributed by atoms with E-state index in [0.29, 0.717) is 5.92 Å². The molecular formula is C11H11NO2S. The highest BCUT2D eigenvalue weighted by atomic mass is 32.1. The van der Waals surface area contributed by atoms with Crippen molar-refractivity contribution in [1.29, 1.82) is 0 Å². The van der Waals surface area contributed by atoms with Crippen LogP contribution in [-0.4, -0.2) is 15.4 Å². The van der Waals surface area contributed by atoms with E-state index >= 15 is 0 Å². The van der Waals surface area contributed by atoms with Crippen LogP contribution < -0.4 is 0 Å². The summed E-state index contributed by atoms with van der Waals surface area (Å²) in [7, 11) is 0. The molecule has 1 N–H and O–H groups in total. The number of rotatable bonds is 2. The number of carboxylic acids is 1. The third-order valence-corrected chi connectivity index (χ3v) is 3.19. The van der Waals surface area contributed by atoms with Gasteiger partial charge in [-0.2, -0.15) is 4.37 Å². The first kappa shape index (κ1) is 10.1. The Labute approximate surface area is 91.5 Å². The molecule has 0 aliphatic rings. The Hall–Kier alpha value is -1.42. The zero-order valence-corrected chi connectivity index (χ0v) is 9.34. The number of carboxylic acid groups (broad SMARTS) is 1. The normalized spacial score (nSPS) is 11.1. The largest absolute Gasteiger partial charge is 0.476 e. The van der Waals surface area contributed by atoms with E-state index in [1.165, 1.54) is 11.5 Å². The van der Waals surface area contributed by atoms with Gasteiger partial charge in [0.15, 0.2) is 5.69 Å². The van der Waals surface area contributed by atoms with Crippen LogP contribution in [0.2, 0.25) is 0 Å². The predicted molar refractivity (Wildman–Crippen MR) is 60.7 cm³/mol. The number of aromatic carboxylic acids is 1. The summed E-state index contributed by atoms with van der Waals surface area (Å²) in [6.45, 7) is 4.17. The summed E-state index contributed by atoms with van der Waals surface area (Å²) in [5.74, 6) is -0.557. The standard InChI is InChI=1S/C11H11NO2S/c1-6(2)7-3-4-9-8(5-7)10(11(13)14)12-15-9/h3-6H,1-2H3,(H,13,14). The molecule has 0 saturated carbocycles.